The fourth-order valence-corrected chi connectivity index (χ4v) is 5.12. The molecule has 3 nitrogen and oxygen atoms in total. The molecule has 0 radical (unpaired) electrons. The number of ether oxygens (including phenoxy) is 2. The summed E-state index contributed by atoms with van der Waals surface area (Å²) in [7, 11) is 0. The maximum atomic E-state index is 5.58. The van der Waals surface area contributed by atoms with Gasteiger partial charge in [-0.05, 0) is 71.3 Å². The summed E-state index contributed by atoms with van der Waals surface area (Å²) >= 11 is 0. The standard InChI is InChI=1S/C25H23NO2/c1-2-4-17(5-3-1)15-26-11-10-20-13-23(26)22-12-18(6-8-21(20)22)19-7-9-24-25(14-19)28-16-27-24/h1-9,12,14,20,23H,10-11,13,15-16H2/t20-,23-/m1/s1. The van der Waals surface area contributed by atoms with Crippen molar-refractivity contribution in [2.45, 2.75) is 31.3 Å². The predicted octanol–water partition coefficient (Wildman–Crippen LogP) is 5.52. The third kappa shape index (κ3) is 2.61. The van der Waals surface area contributed by atoms with Gasteiger partial charge in [-0.2, -0.15) is 0 Å². The van der Waals surface area contributed by atoms with E-state index in [2.05, 4.69) is 65.6 Å². The summed E-state index contributed by atoms with van der Waals surface area (Å²) in [6, 6.07) is 24.7. The van der Waals surface area contributed by atoms with Gasteiger partial charge in [0.05, 0.1) is 0 Å². The van der Waals surface area contributed by atoms with E-state index >= 15 is 0 Å². The van der Waals surface area contributed by atoms with Crippen LogP contribution in [0.25, 0.3) is 11.1 Å². The van der Waals surface area contributed by atoms with Gasteiger partial charge in [0, 0.05) is 12.6 Å². The number of fused-ring (bicyclic) bond motifs is 6. The Balaban J connectivity index is 1.34. The van der Waals surface area contributed by atoms with Crippen LogP contribution in [-0.4, -0.2) is 18.2 Å². The Bertz CT molecular complexity index is 1030. The number of rotatable bonds is 3. The van der Waals surface area contributed by atoms with Crippen molar-refractivity contribution in [3.63, 3.8) is 0 Å². The molecule has 2 heterocycles. The fraction of sp³-hybridized carbons (Fsp3) is 0.280. The second-order valence-corrected chi connectivity index (χ2v) is 8.10. The molecule has 140 valence electrons. The number of nitrogens with zero attached hydrogens (tertiary/aromatic N) is 1. The highest BCUT2D eigenvalue weighted by Crippen LogP contribution is 2.50. The van der Waals surface area contributed by atoms with Gasteiger partial charge in [-0.1, -0.05) is 48.5 Å². The van der Waals surface area contributed by atoms with Crippen molar-refractivity contribution >= 4 is 0 Å². The van der Waals surface area contributed by atoms with Crippen LogP contribution in [0.4, 0.5) is 0 Å². The number of likely N-dealkylation sites (tertiary alicyclic amines) is 1. The largest absolute Gasteiger partial charge is 0.454 e. The van der Waals surface area contributed by atoms with Crippen LogP contribution in [0.1, 0.15) is 41.5 Å². The van der Waals surface area contributed by atoms with Crippen LogP contribution in [-0.2, 0) is 6.54 Å². The van der Waals surface area contributed by atoms with E-state index in [1.54, 1.807) is 5.56 Å². The second kappa shape index (κ2) is 6.39. The Morgan fingerprint density at radius 3 is 2.57 bits per heavy atom. The SMILES string of the molecule is c1ccc(CN2CC[C@@H]3C[C@@H]2c2cc(-c4ccc5c(c4)OCO5)ccc23)cc1. The van der Waals surface area contributed by atoms with Gasteiger partial charge < -0.3 is 9.47 Å². The summed E-state index contributed by atoms with van der Waals surface area (Å²) in [6.45, 7) is 2.53. The van der Waals surface area contributed by atoms with E-state index < -0.39 is 0 Å². The highest BCUT2D eigenvalue weighted by molar-refractivity contribution is 5.69. The van der Waals surface area contributed by atoms with Gasteiger partial charge in [0.15, 0.2) is 11.5 Å². The van der Waals surface area contributed by atoms with Gasteiger partial charge in [0.1, 0.15) is 0 Å². The lowest BCUT2D eigenvalue weighted by Crippen LogP contribution is -2.31. The minimum atomic E-state index is 0.321. The van der Waals surface area contributed by atoms with Crippen molar-refractivity contribution < 1.29 is 9.47 Å². The molecule has 2 aliphatic heterocycles. The van der Waals surface area contributed by atoms with Crippen LogP contribution >= 0.6 is 0 Å². The minimum absolute atomic E-state index is 0.321. The van der Waals surface area contributed by atoms with Crippen molar-refractivity contribution in [2.75, 3.05) is 13.3 Å². The van der Waals surface area contributed by atoms with Gasteiger partial charge >= 0.3 is 0 Å². The first-order valence-corrected chi connectivity index (χ1v) is 10.2. The van der Waals surface area contributed by atoms with E-state index in [-0.39, 0.29) is 0 Å². The van der Waals surface area contributed by atoms with E-state index in [1.165, 1.54) is 41.6 Å². The van der Waals surface area contributed by atoms with Crippen molar-refractivity contribution in [1.29, 1.82) is 0 Å². The maximum absolute atomic E-state index is 5.58. The quantitative estimate of drug-likeness (QED) is 0.607. The zero-order valence-electron chi connectivity index (χ0n) is 15.8. The predicted molar refractivity (Wildman–Crippen MR) is 110 cm³/mol. The highest BCUT2D eigenvalue weighted by atomic mass is 16.7. The Morgan fingerprint density at radius 1 is 0.821 bits per heavy atom. The van der Waals surface area contributed by atoms with Crippen LogP contribution in [0, 0.1) is 0 Å². The molecule has 3 heteroatoms. The van der Waals surface area contributed by atoms with Crippen LogP contribution in [0.5, 0.6) is 11.5 Å². The highest BCUT2D eigenvalue weighted by Gasteiger charge is 2.38. The minimum Gasteiger partial charge on any atom is -0.454 e. The molecule has 0 spiro atoms. The third-order valence-electron chi connectivity index (χ3n) is 6.53. The summed E-state index contributed by atoms with van der Waals surface area (Å²) in [5.74, 6) is 2.41. The van der Waals surface area contributed by atoms with E-state index in [1.807, 2.05) is 6.07 Å². The normalized spacial score (nSPS) is 22.3. The molecule has 2 bridgehead atoms. The Labute approximate surface area is 165 Å². The molecule has 1 saturated heterocycles. The van der Waals surface area contributed by atoms with Crippen molar-refractivity contribution in [1.82, 2.24) is 4.90 Å². The Hall–Kier alpha value is -2.78. The topological polar surface area (TPSA) is 21.7 Å². The van der Waals surface area contributed by atoms with Crippen LogP contribution in [0.15, 0.2) is 66.7 Å². The van der Waals surface area contributed by atoms with Gasteiger partial charge in [-0.25, -0.2) is 0 Å². The van der Waals surface area contributed by atoms with Gasteiger partial charge in [-0.15, -0.1) is 0 Å². The molecule has 0 amide bonds. The van der Waals surface area contributed by atoms with E-state index in [0.29, 0.717) is 12.8 Å². The summed E-state index contributed by atoms with van der Waals surface area (Å²) in [6.07, 6.45) is 2.52. The van der Waals surface area contributed by atoms with Crippen LogP contribution in [0.3, 0.4) is 0 Å². The van der Waals surface area contributed by atoms with Crippen molar-refractivity contribution in [3.8, 4) is 22.6 Å². The van der Waals surface area contributed by atoms with Gasteiger partial charge in [0.2, 0.25) is 6.79 Å². The van der Waals surface area contributed by atoms with Crippen LogP contribution < -0.4 is 9.47 Å². The Morgan fingerprint density at radius 2 is 1.64 bits per heavy atom. The lowest BCUT2D eigenvalue weighted by Gasteiger charge is -2.33. The number of hydrogen-bond donors (Lipinski definition) is 0. The van der Waals surface area contributed by atoms with Gasteiger partial charge in [-0.3, -0.25) is 4.90 Å². The first kappa shape index (κ1) is 16.2. The molecule has 1 aliphatic carbocycles. The molecule has 3 aromatic carbocycles. The molecule has 2 atom stereocenters. The number of hydrogen-bond acceptors (Lipinski definition) is 3. The van der Waals surface area contributed by atoms with Crippen LogP contribution in [0.2, 0.25) is 0 Å². The maximum Gasteiger partial charge on any atom is 0.231 e. The van der Waals surface area contributed by atoms with Crippen molar-refractivity contribution in [2.24, 2.45) is 0 Å². The monoisotopic (exact) mass is 369 g/mol. The first-order valence-electron chi connectivity index (χ1n) is 10.2. The number of piperidine rings is 1. The van der Waals surface area contributed by atoms with E-state index in [9.17, 15) is 0 Å². The lowest BCUT2D eigenvalue weighted by atomic mass is 9.94. The summed E-state index contributed by atoms with van der Waals surface area (Å²) < 4.78 is 11.0. The second-order valence-electron chi connectivity index (χ2n) is 8.10. The summed E-state index contributed by atoms with van der Waals surface area (Å²) in [5.41, 5.74) is 6.95. The van der Waals surface area contributed by atoms with Crippen molar-refractivity contribution in [3.05, 3.63) is 83.4 Å². The molecular formula is C25H23NO2. The lowest BCUT2D eigenvalue weighted by molar-refractivity contribution is 0.145. The average Bonchev–Trinajstić information content (AvgIpc) is 3.33. The average molecular weight is 369 g/mol. The molecule has 0 unspecified atom stereocenters. The molecule has 0 aromatic heterocycles. The molecule has 3 aliphatic rings. The third-order valence-corrected chi connectivity index (χ3v) is 6.53. The zero-order valence-corrected chi connectivity index (χ0v) is 15.8. The molecule has 0 N–H and O–H groups in total. The zero-order chi connectivity index (χ0) is 18.5. The van der Waals surface area contributed by atoms with E-state index in [0.717, 1.165) is 24.0 Å². The smallest absolute Gasteiger partial charge is 0.231 e. The molecule has 1 fully saturated rings. The molecule has 0 saturated carbocycles. The molecule has 3 aromatic rings. The number of benzene rings is 3. The fourth-order valence-electron chi connectivity index (χ4n) is 5.12. The first-order chi connectivity index (χ1) is 13.8. The van der Waals surface area contributed by atoms with Gasteiger partial charge in [0.25, 0.3) is 0 Å². The molecule has 28 heavy (non-hydrogen) atoms. The summed E-state index contributed by atoms with van der Waals surface area (Å²) in [4.78, 5) is 2.67. The molecular weight excluding hydrogens is 346 g/mol. The van der Waals surface area contributed by atoms with E-state index in [4.69, 9.17) is 9.47 Å². The summed E-state index contributed by atoms with van der Waals surface area (Å²) in [5, 5.41) is 0. The Kier molecular flexibility index (Phi) is 3.69. The molecule has 6 rings (SSSR count).